The van der Waals surface area contributed by atoms with Gasteiger partial charge in [0.2, 0.25) is 0 Å². The van der Waals surface area contributed by atoms with E-state index in [0.29, 0.717) is 5.41 Å². The summed E-state index contributed by atoms with van der Waals surface area (Å²) in [7, 11) is -0.361. The molecule has 0 aromatic rings. The van der Waals surface area contributed by atoms with Gasteiger partial charge in [0.25, 0.3) is 0 Å². The van der Waals surface area contributed by atoms with E-state index in [9.17, 15) is 4.80 Å². The van der Waals surface area contributed by atoms with Gasteiger partial charge in [-0.15, -0.1) is 0 Å². The zero-order chi connectivity index (χ0) is 8.54. The van der Waals surface area contributed by atoms with Crippen LogP contribution in [-0.2, 0) is 0 Å². The van der Waals surface area contributed by atoms with Crippen molar-refractivity contribution in [3.63, 3.8) is 0 Å². The Morgan fingerprint density at radius 1 is 1.09 bits per heavy atom. The second-order valence-electron chi connectivity index (χ2n) is 4.64. The van der Waals surface area contributed by atoms with Crippen LogP contribution in [0.25, 0.3) is 0 Å². The molecular formula is C9H19OSi. The molecule has 1 aliphatic rings. The van der Waals surface area contributed by atoms with Crippen LogP contribution >= 0.6 is 0 Å². The Balaban J connectivity index is 2.74. The lowest BCUT2D eigenvalue weighted by atomic mass is 9.69. The number of hydrogen-bond donors (Lipinski definition) is 1. The van der Waals surface area contributed by atoms with E-state index in [4.69, 9.17) is 0 Å². The van der Waals surface area contributed by atoms with Crippen LogP contribution in [0.3, 0.4) is 0 Å². The Morgan fingerprint density at radius 2 is 1.64 bits per heavy atom. The van der Waals surface area contributed by atoms with Gasteiger partial charge in [-0.1, -0.05) is 33.6 Å². The third-order valence-electron chi connectivity index (χ3n) is 3.58. The summed E-state index contributed by atoms with van der Waals surface area (Å²) >= 11 is 0. The lowest BCUT2D eigenvalue weighted by Crippen LogP contribution is -2.36. The van der Waals surface area contributed by atoms with Crippen LogP contribution in [0.5, 0.6) is 0 Å². The van der Waals surface area contributed by atoms with E-state index < -0.39 is 0 Å². The fourth-order valence-electron chi connectivity index (χ4n) is 1.92. The van der Waals surface area contributed by atoms with Crippen molar-refractivity contribution in [3.05, 3.63) is 0 Å². The highest BCUT2D eigenvalue weighted by molar-refractivity contribution is 6.30. The van der Waals surface area contributed by atoms with Crippen LogP contribution in [-0.4, -0.2) is 14.6 Å². The fraction of sp³-hybridized carbons (Fsp3) is 1.00. The fourth-order valence-corrected chi connectivity index (χ4v) is 2.75. The quantitative estimate of drug-likeness (QED) is 0.599. The van der Waals surface area contributed by atoms with Gasteiger partial charge in [-0.05, 0) is 23.3 Å². The molecule has 0 heterocycles. The molecule has 1 fully saturated rings. The van der Waals surface area contributed by atoms with Crippen molar-refractivity contribution in [3.8, 4) is 0 Å². The molecule has 2 heteroatoms. The minimum absolute atomic E-state index is 0.255. The van der Waals surface area contributed by atoms with Gasteiger partial charge in [-0.2, -0.15) is 0 Å². The molecule has 65 valence electrons. The van der Waals surface area contributed by atoms with Crippen LogP contribution in [0.1, 0.15) is 46.5 Å². The van der Waals surface area contributed by atoms with Crippen LogP contribution in [0.15, 0.2) is 0 Å². The largest absolute Gasteiger partial charge is 0.434 e. The molecule has 1 atom stereocenters. The van der Waals surface area contributed by atoms with Gasteiger partial charge in [0.05, 0.1) is 0 Å². The van der Waals surface area contributed by atoms with E-state index in [1.54, 1.807) is 0 Å². The topological polar surface area (TPSA) is 20.2 Å². The van der Waals surface area contributed by atoms with Gasteiger partial charge in [-0.3, -0.25) is 0 Å². The van der Waals surface area contributed by atoms with Crippen LogP contribution in [0, 0.1) is 5.41 Å². The summed E-state index contributed by atoms with van der Waals surface area (Å²) < 4.78 is 0. The normalized spacial score (nSPS) is 37.1. The molecule has 1 radical (unpaired) electrons. The maximum Gasteiger partial charge on any atom is 0.194 e. The van der Waals surface area contributed by atoms with Crippen molar-refractivity contribution in [2.45, 2.75) is 51.5 Å². The van der Waals surface area contributed by atoms with Crippen LogP contribution in [0.4, 0.5) is 0 Å². The zero-order valence-corrected chi connectivity index (χ0v) is 9.01. The van der Waals surface area contributed by atoms with Gasteiger partial charge in [-0.25, -0.2) is 0 Å². The Kier molecular flexibility index (Phi) is 2.45. The highest BCUT2D eigenvalue weighted by Gasteiger charge is 2.42. The molecule has 1 saturated carbocycles. The molecule has 1 aliphatic carbocycles. The molecule has 0 aromatic carbocycles. The van der Waals surface area contributed by atoms with E-state index in [1.165, 1.54) is 25.7 Å². The molecule has 0 aliphatic heterocycles. The van der Waals surface area contributed by atoms with Crippen LogP contribution < -0.4 is 0 Å². The molecule has 1 rings (SSSR count). The summed E-state index contributed by atoms with van der Waals surface area (Å²) in [6, 6.07) is 0. The van der Waals surface area contributed by atoms with Gasteiger partial charge >= 0.3 is 0 Å². The maximum absolute atomic E-state index is 9.37. The smallest absolute Gasteiger partial charge is 0.194 e. The third-order valence-corrected chi connectivity index (χ3v) is 5.22. The number of hydrogen-bond acceptors (Lipinski definition) is 1. The lowest BCUT2D eigenvalue weighted by molar-refractivity contribution is 0.157. The summed E-state index contributed by atoms with van der Waals surface area (Å²) in [5.41, 5.74) is 0.370. The first kappa shape index (κ1) is 9.27. The van der Waals surface area contributed by atoms with Gasteiger partial charge in [0, 0.05) is 0 Å². The van der Waals surface area contributed by atoms with Crippen molar-refractivity contribution >= 4 is 9.76 Å². The summed E-state index contributed by atoms with van der Waals surface area (Å²) in [5, 5.41) is 0.255. The summed E-state index contributed by atoms with van der Waals surface area (Å²) in [4.78, 5) is 9.37. The predicted octanol–water partition coefficient (Wildman–Crippen LogP) is 2.11. The van der Waals surface area contributed by atoms with Crippen molar-refractivity contribution in [2.75, 3.05) is 0 Å². The Bertz CT molecular complexity index is 144. The maximum atomic E-state index is 9.37. The monoisotopic (exact) mass is 171 g/mol. The average Bonchev–Trinajstić information content (AvgIpc) is 1.95. The van der Waals surface area contributed by atoms with Gasteiger partial charge in [0.1, 0.15) is 0 Å². The van der Waals surface area contributed by atoms with E-state index in [1.807, 2.05) is 0 Å². The van der Waals surface area contributed by atoms with Crippen molar-refractivity contribution in [1.82, 2.24) is 0 Å². The lowest BCUT2D eigenvalue weighted by Gasteiger charge is -2.46. The summed E-state index contributed by atoms with van der Waals surface area (Å²) in [5.74, 6) is 0. The van der Waals surface area contributed by atoms with Crippen LogP contribution in [0.2, 0.25) is 5.04 Å². The minimum atomic E-state index is -0.361. The molecule has 0 spiro atoms. The molecule has 0 amide bonds. The second kappa shape index (κ2) is 2.90. The van der Waals surface area contributed by atoms with E-state index in [2.05, 4.69) is 20.8 Å². The molecule has 1 nitrogen and oxygen atoms in total. The third kappa shape index (κ3) is 1.52. The van der Waals surface area contributed by atoms with Gasteiger partial charge in [0.15, 0.2) is 9.76 Å². The molecule has 0 saturated heterocycles. The van der Waals surface area contributed by atoms with Gasteiger partial charge < -0.3 is 4.80 Å². The van der Waals surface area contributed by atoms with Crippen molar-refractivity contribution in [2.24, 2.45) is 5.41 Å². The first-order chi connectivity index (χ1) is 5.02. The van der Waals surface area contributed by atoms with E-state index in [0.717, 1.165) is 0 Å². The molecule has 1 unspecified atom stereocenters. The molecule has 0 aromatic heterocycles. The average molecular weight is 171 g/mol. The highest BCUT2D eigenvalue weighted by atomic mass is 28.2. The standard InChI is InChI=1S/C9H19OSi/c1-8(2)6-4-5-7-9(8,3)11-10/h10-11H,4-7H2,1-3H3. The molecule has 1 N–H and O–H groups in total. The first-order valence-corrected chi connectivity index (χ1v) is 5.60. The predicted molar refractivity (Wildman–Crippen MR) is 50.0 cm³/mol. The second-order valence-corrected chi connectivity index (χ2v) is 6.17. The molecular weight excluding hydrogens is 152 g/mol. The summed E-state index contributed by atoms with van der Waals surface area (Å²) in [6.45, 7) is 6.85. The Hall–Kier alpha value is 0.177. The first-order valence-electron chi connectivity index (χ1n) is 4.50. The Labute approximate surface area is 72.1 Å². The molecule has 11 heavy (non-hydrogen) atoms. The van der Waals surface area contributed by atoms with E-state index >= 15 is 0 Å². The SMILES string of the molecule is CC1(C)CCCCC1(C)[SiH]O. The molecule has 0 bridgehead atoms. The minimum Gasteiger partial charge on any atom is -0.434 e. The van der Waals surface area contributed by atoms with Crippen molar-refractivity contribution in [1.29, 1.82) is 0 Å². The Morgan fingerprint density at radius 3 is 2.00 bits per heavy atom. The van der Waals surface area contributed by atoms with Crippen molar-refractivity contribution < 1.29 is 4.80 Å². The van der Waals surface area contributed by atoms with E-state index in [-0.39, 0.29) is 14.8 Å². The zero-order valence-electron chi connectivity index (χ0n) is 7.85. The summed E-state index contributed by atoms with van der Waals surface area (Å²) in [6.07, 6.45) is 5.18. The number of rotatable bonds is 1. The highest BCUT2D eigenvalue weighted by Crippen LogP contribution is 2.54.